The van der Waals surface area contributed by atoms with Gasteiger partial charge in [0.05, 0.1) is 12.1 Å². The highest BCUT2D eigenvalue weighted by atomic mass is 16.4. The van der Waals surface area contributed by atoms with Gasteiger partial charge in [0.2, 0.25) is 5.91 Å². The minimum Gasteiger partial charge on any atom is -0.465 e. The lowest BCUT2D eigenvalue weighted by molar-refractivity contribution is -0.135. The summed E-state index contributed by atoms with van der Waals surface area (Å²) in [7, 11) is 0. The molecule has 0 aromatic heterocycles. The van der Waals surface area contributed by atoms with Crippen LogP contribution in [-0.4, -0.2) is 40.6 Å². The molecule has 0 saturated carbocycles. The number of hydrogen-bond donors (Lipinski definition) is 2. The number of amides is 2. The van der Waals surface area contributed by atoms with E-state index in [2.05, 4.69) is 5.32 Å². The summed E-state index contributed by atoms with van der Waals surface area (Å²) in [5.41, 5.74) is -0.638. The van der Waals surface area contributed by atoms with E-state index in [0.29, 0.717) is 6.54 Å². The molecular weight excluding hydrogens is 160 g/mol. The van der Waals surface area contributed by atoms with Crippen molar-refractivity contribution in [1.82, 2.24) is 10.2 Å². The maximum Gasteiger partial charge on any atom is 0.414 e. The number of nitrogens with zero attached hydrogens (tertiary/aromatic N) is 1. The Labute approximate surface area is 70.4 Å². The number of nitrogens with one attached hydrogen (secondary N) is 1. The molecule has 5 nitrogen and oxygen atoms in total. The van der Waals surface area contributed by atoms with Crippen LogP contribution in [0.5, 0.6) is 0 Å². The number of hydrogen-bond acceptors (Lipinski definition) is 3. The molecule has 1 fully saturated rings. The molecule has 2 amide bonds. The third-order valence-electron chi connectivity index (χ3n) is 1.88. The molecule has 1 aliphatic heterocycles. The second kappa shape index (κ2) is 2.75. The monoisotopic (exact) mass is 172 g/mol. The van der Waals surface area contributed by atoms with Gasteiger partial charge in [-0.2, -0.15) is 0 Å². The summed E-state index contributed by atoms with van der Waals surface area (Å²) in [5, 5.41) is 11.6. The molecule has 0 unspecified atom stereocenters. The molecule has 0 aromatic rings. The van der Waals surface area contributed by atoms with E-state index in [1.807, 2.05) is 0 Å². The molecule has 68 valence electrons. The smallest absolute Gasteiger partial charge is 0.414 e. The van der Waals surface area contributed by atoms with Crippen LogP contribution in [0.3, 0.4) is 0 Å². The average Bonchev–Trinajstić information content (AvgIpc) is 1.82. The van der Waals surface area contributed by atoms with E-state index in [9.17, 15) is 9.59 Å². The largest absolute Gasteiger partial charge is 0.465 e. The first kappa shape index (κ1) is 8.99. The van der Waals surface area contributed by atoms with Crippen molar-refractivity contribution in [3.05, 3.63) is 0 Å². The van der Waals surface area contributed by atoms with Gasteiger partial charge < -0.3 is 10.4 Å². The Morgan fingerprint density at radius 2 is 2.25 bits per heavy atom. The summed E-state index contributed by atoms with van der Waals surface area (Å²) in [4.78, 5) is 22.7. The van der Waals surface area contributed by atoms with Crippen LogP contribution in [-0.2, 0) is 4.79 Å². The summed E-state index contributed by atoms with van der Waals surface area (Å²) in [5.74, 6) is -0.390. The van der Waals surface area contributed by atoms with Crippen LogP contribution in [0.25, 0.3) is 0 Å². The highest BCUT2D eigenvalue weighted by Crippen LogP contribution is 2.16. The van der Waals surface area contributed by atoms with Crippen molar-refractivity contribution in [3.63, 3.8) is 0 Å². The van der Waals surface area contributed by atoms with E-state index < -0.39 is 17.5 Å². The third kappa shape index (κ3) is 1.40. The Hall–Kier alpha value is -1.10. The molecule has 12 heavy (non-hydrogen) atoms. The maximum atomic E-state index is 11.1. The summed E-state index contributed by atoms with van der Waals surface area (Å²) >= 11 is 0. The lowest BCUT2D eigenvalue weighted by Crippen LogP contribution is -2.62. The van der Waals surface area contributed by atoms with Gasteiger partial charge in [-0.05, 0) is 13.8 Å². The van der Waals surface area contributed by atoms with Crippen LogP contribution >= 0.6 is 0 Å². The van der Waals surface area contributed by atoms with E-state index in [0.717, 1.165) is 4.90 Å². The number of carbonyl (C=O) groups is 2. The molecule has 0 atom stereocenters. The van der Waals surface area contributed by atoms with Crippen molar-refractivity contribution in [1.29, 1.82) is 0 Å². The second-order valence-corrected chi connectivity index (χ2v) is 3.43. The Morgan fingerprint density at radius 3 is 2.58 bits per heavy atom. The van der Waals surface area contributed by atoms with Gasteiger partial charge in [0.25, 0.3) is 0 Å². The predicted octanol–water partition coefficient (Wildman–Crippen LogP) is -0.125. The van der Waals surface area contributed by atoms with Crippen molar-refractivity contribution in [2.75, 3.05) is 13.1 Å². The molecule has 5 heteroatoms. The average molecular weight is 172 g/mol. The van der Waals surface area contributed by atoms with Gasteiger partial charge in [-0.3, -0.25) is 4.79 Å². The molecule has 0 radical (unpaired) electrons. The standard InChI is InChI=1S/C7H12N2O3/c1-7(2)4-8-3-5(10)9(7)6(11)12/h8H,3-4H2,1-2H3,(H,11,12). The zero-order valence-corrected chi connectivity index (χ0v) is 7.13. The SMILES string of the molecule is CC1(C)CNCC(=O)N1C(=O)O. The van der Waals surface area contributed by atoms with Crippen LogP contribution in [0.15, 0.2) is 0 Å². The van der Waals surface area contributed by atoms with Gasteiger partial charge >= 0.3 is 6.09 Å². The Bertz CT molecular complexity index is 225. The van der Waals surface area contributed by atoms with Gasteiger partial charge in [0.1, 0.15) is 0 Å². The maximum absolute atomic E-state index is 11.1. The molecule has 0 bridgehead atoms. The molecule has 1 heterocycles. The molecule has 1 saturated heterocycles. The molecule has 1 aliphatic rings. The van der Waals surface area contributed by atoms with Crippen molar-refractivity contribution in [2.24, 2.45) is 0 Å². The van der Waals surface area contributed by atoms with Gasteiger partial charge in [0, 0.05) is 6.54 Å². The van der Waals surface area contributed by atoms with E-state index in [-0.39, 0.29) is 6.54 Å². The molecule has 1 rings (SSSR count). The van der Waals surface area contributed by atoms with Crippen LogP contribution in [0.2, 0.25) is 0 Å². The molecular formula is C7H12N2O3. The van der Waals surface area contributed by atoms with Gasteiger partial charge in [-0.1, -0.05) is 0 Å². The van der Waals surface area contributed by atoms with Crippen LogP contribution in [0.4, 0.5) is 4.79 Å². The van der Waals surface area contributed by atoms with E-state index in [1.165, 1.54) is 0 Å². The van der Waals surface area contributed by atoms with Gasteiger partial charge in [-0.15, -0.1) is 0 Å². The topological polar surface area (TPSA) is 69.6 Å². The first-order valence-electron chi connectivity index (χ1n) is 3.72. The summed E-state index contributed by atoms with van der Waals surface area (Å²) in [6.45, 7) is 4.04. The van der Waals surface area contributed by atoms with Crippen LogP contribution < -0.4 is 5.32 Å². The van der Waals surface area contributed by atoms with Crippen molar-refractivity contribution in [2.45, 2.75) is 19.4 Å². The fourth-order valence-corrected chi connectivity index (χ4v) is 1.34. The highest BCUT2D eigenvalue weighted by molar-refractivity contribution is 5.93. The fraction of sp³-hybridized carbons (Fsp3) is 0.714. The predicted molar refractivity (Wildman–Crippen MR) is 41.8 cm³/mol. The third-order valence-corrected chi connectivity index (χ3v) is 1.88. The second-order valence-electron chi connectivity index (χ2n) is 3.43. The zero-order chi connectivity index (χ0) is 9.35. The van der Waals surface area contributed by atoms with Gasteiger partial charge in [-0.25, -0.2) is 9.69 Å². The number of rotatable bonds is 0. The molecule has 0 aromatic carbocycles. The van der Waals surface area contributed by atoms with E-state index >= 15 is 0 Å². The van der Waals surface area contributed by atoms with Gasteiger partial charge in [0.15, 0.2) is 0 Å². The van der Waals surface area contributed by atoms with Crippen LogP contribution in [0.1, 0.15) is 13.8 Å². The summed E-state index contributed by atoms with van der Waals surface area (Å²) in [6.07, 6.45) is -1.17. The first-order valence-corrected chi connectivity index (χ1v) is 3.72. The number of piperazine rings is 1. The van der Waals surface area contributed by atoms with E-state index in [1.54, 1.807) is 13.8 Å². The number of imide groups is 1. The summed E-state index contributed by atoms with van der Waals surface area (Å²) in [6, 6.07) is 0. The Kier molecular flexibility index (Phi) is 2.06. The van der Waals surface area contributed by atoms with Crippen molar-refractivity contribution >= 4 is 12.0 Å². The number of carboxylic acid groups (broad SMARTS) is 1. The molecule has 0 aliphatic carbocycles. The Balaban J connectivity index is 2.88. The zero-order valence-electron chi connectivity index (χ0n) is 7.13. The van der Waals surface area contributed by atoms with Crippen LogP contribution in [0, 0.1) is 0 Å². The molecule has 2 N–H and O–H groups in total. The highest BCUT2D eigenvalue weighted by Gasteiger charge is 2.38. The summed E-state index contributed by atoms with van der Waals surface area (Å²) < 4.78 is 0. The van der Waals surface area contributed by atoms with E-state index in [4.69, 9.17) is 5.11 Å². The lowest BCUT2D eigenvalue weighted by Gasteiger charge is -2.38. The normalized spacial score (nSPS) is 22.5. The minimum absolute atomic E-state index is 0.107. The fourth-order valence-electron chi connectivity index (χ4n) is 1.34. The first-order chi connectivity index (χ1) is 5.45. The lowest BCUT2D eigenvalue weighted by atomic mass is 10.0. The molecule has 0 spiro atoms. The Morgan fingerprint density at radius 1 is 1.67 bits per heavy atom. The minimum atomic E-state index is -1.17. The quantitative estimate of drug-likeness (QED) is 0.534. The van der Waals surface area contributed by atoms with Crippen molar-refractivity contribution in [3.8, 4) is 0 Å². The van der Waals surface area contributed by atoms with Crippen molar-refractivity contribution < 1.29 is 14.7 Å². The number of carbonyl (C=O) groups excluding carboxylic acids is 1.